The second-order valence-electron chi connectivity index (χ2n) is 6.77. The molecule has 5 N–H and O–H groups in total. The van der Waals surface area contributed by atoms with Crippen LogP contribution < -0.4 is 21.5 Å². The van der Waals surface area contributed by atoms with Crippen LogP contribution in [0.5, 0.6) is 5.75 Å². The fourth-order valence-corrected chi connectivity index (χ4v) is 3.11. The Morgan fingerprint density at radius 3 is 2.50 bits per heavy atom. The van der Waals surface area contributed by atoms with E-state index in [0.717, 1.165) is 17.5 Å². The number of rotatable bonds is 0. The number of nitrogen functional groups attached to an aromatic ring is 1. The number of nitrogens with one attached hydrogen (secondary N) is 1. The van der Waals surface area contributed by atoms with Gasteiger partial charge in [-0.25, -0.2) is 9.97 Å². The van der Waals surface area contributed by atoms with E-state index in [-0.39, 0.29) is 12.3 Å². The standard InChI is InChI=1S/C22H22N4O3.CH3NO/c23-21-20-17-4-1-2-5-19(17)29-13-12-28-11-3-10-24-22(27)16-8-6-15(7-9-16)18(26-20)14-25-21;2-1-3/h1-2,4-9,14H,3,10-13H2,(H2,23,25)(H,24,27);1H,(H2,2,3). The zero-order valence-electron chi connectivity index (χ0n) is 17.5. The Morgan fingerprint density at radius 2 is 1.72 bits per heavy atom. The first kappa shape index (κ1) is 22.7. The van der Waals surface area contributed by atoms with Gasteiger partial charge in [-0.3, -0.25) is 9.59 Å². The first-order valence-corrected chi connectivity index (χ1v) is 10.1. The lowest BCUT2D eigenvalue weighted by Gasteiger charge is -2.14. The van der Waals surface area contributed by atoms with E-state index in [0.29, 0.717) is 54.9 Å². The molecule has 2 aliphatic rings. The average Bonchev–Trinajstić information content (AvgIpc) is 2.81. The van der Waals surface area contributed by atoms with Crippen molar-refractivity contribution in [2.45, 2.75) is 6.42 Å². The maximum atomic E-state index is 12.3. The number of primary amides is 1. The Labute approximate surface area is 185 Å². The van der Waals surface area contributed by atoms with Crippen LogP contribution in [0.1, 0.15) is 16.8 Å². The number of hydrogen-bond donors (Lipinski definition) is 3. The maximum Gasteiger partial charge on any atom is 0.251 e. The minimum Gasteiger partial charge on any atom is -0.490 e. The summed E-state index contributed by atoms with van der Waals surface area (Å²) in [5.41, 5.74) is 13.7. The molecule has 0 spiro atoms. The highest BCUT2D eigenvalue weighted by atomic mass is 16.5. The third kappa shape index (κ3) is 5.79. The van der Waals surface area contributed by atoms with E-state index in [1.807, 2.05) is 36.4 Å². The summed E-state index contributed by atoms with van der Waals surface area (Å²) >= 11 is 0. The fraction of sp³-hybridized carbons (Fsp3) is 0.217. The monoisotopic (exact) mass is 435 g/mol. The first-order valence-electron chi connectivity index (χ1n) is 10.1. The summed E-state index contributed by atoms with van der Waals surface area (Å²) in [6, 6.07) is 14.9. The van der Waals surface area contributed by atoms with Gasteiger partial charge in [-0.05, 0) is 30.7 Å². The second kappa shape index (κ2) is 11.4. The van der Waals surface area contributed by atoms with Crippen molar-refractivity contribution in [2.75, 3.05) is 32.1 Å². The third-order valence-electron chi connectivity index (χ3n) is 4.62. The van der Waals surface area contributed by atoms with Gasteiger partial charge in [0.05, 0.1) is 18.5 Å². The van der Waals surface area contributed by atoms with Gasteiger partial charge in [0.1, 0.15) is 23.9 Å². The summed E-state index contributed by atoms with van der Waals surface area (Å²) in [6.07, 6.45) is 2.61. The zero-order valence-corrected chi connectivity index (χ0v) is 17.5. The van der Waals surface area contributed by atoms with E-state index < -0.39 is 0 Å². The molecule has 2 aromatic carbocycles. The molecule has 3 aromatic rings. The molecule has 9 heteroatoms. The van der Waals surface area contributed by atoms with E-state index in [1.54, 1.807) is 18.3 Å². The highest BCUT2D eigenvalue weighted by molar-refractivity contribution is 5.94. The minimum absolute atomic E-state index is 0.112. The van der Waals surface area contributed by atoms with Gasteiger partial charge in [0, 0.05) is 29.8 Å². The molecule has 0 saturated heterocycles. The largest absolute Gasteiger partial charge is 0.490 e. The molecule has 1 aromatic heterocycles. The molecule has 166 valence electrons. The van der Waals surface area contributed by atoms with Gasteiger partial charge in [-0.1, -0.05) is 24.3 Å². The lowest BCUT2D eigenvalue weighted by molar-refractivity contribution is -0.106. The SMILES string of the molecule is NC=O.Nc1ncc2nc1-c1ccccc1OCCOCCCNC(=O)c1ccc-2cc1. The topological polar surface area (TPSA) is 142 Å². The summed E-state index contributed by atoms with van der Waals surface area (Å²) in [5, 5.41) is 2.90. The molecule has 0 radical (unpaired) electrons. The number of fused-ring (bicyclic) bond motifs is 10. The molecular weight excluding hydrogens is 410 g/mol. The number of ether oxygens (including phenoxy) is 2. The summed E-state index contributed by atoms with van der Waals surface area (Å²) in [5.74, 6) is 0.892. The molecular formula is C23H25N5O4. The van der Waals surface area contributed by atoms with E-state index in [4.69, 9.17) is 25.0 Å². The summed E-state index contributed by atoms with van der Waals surface area (Å²) < 4.78 is 11.5. The normalized spacial score (nSPS) is 13.8. The van der Waals surface area contributed by atoms with E-state index in [9.17, 15) is 4.79 Å². The van der Waals surface area contributed by atoms with Gasteiger partial charge in [-0.15, -0.1) is 0 Å². The van der Waals surface area contributed by atoms with Crippen molar-refractivity contribution >= 4 is 18.1 Å². The van der Waals surface area contributed by atoms with Gasteiger partial charge >= 0.3 is 0 Å². The molecule has 3 heterocycles. The number of nitrogens with two attached hydrogens (primary N) is 2. The zero-order chi connectivity index (χ0) is 22.8. The predicted octanol–water partition coefficient (Wildman–Crippen LogP) is 2.02. The van der Waals surface area contributed by atoms with Crippen molar-refractivity contribution < 1.29 is 19.1 Å². The van der Waals surface area contributed by atoms with Crippen molar-refractivity contribution in [3.8, 4) is 28.3 Å². The number of anilines is 1. The smallest absolute Gasteiger partial charge is 0.251 e. The van der Waals surface area contributed by atoms with Crippen molar-refractivity contribution in [1.29, 1.82) is 0 Å². The van der Waals surface area contributed by atoms with Crippen LogP contribution in [0.25, 0.3) is 22.5 Å². The Morgan fingerprint density at radius 1 is 1.00 bits per heavy atom. The Hall–Kier alpha value is -3.98. The molecule has 0 fully saturated rings. The van der Waals surface area contributed by atoms with Gasteiger partial charge in [0.25, 0.3) is 5.91 Å². The quantitative estimate of drug-likeness (QED) is 0.459. The van der Waals surface area contributed by atoms with Crippen molar-refractivity contribution in [1.82, 2.24) is 15.3 Å². The van der Waals surface area contributed by atoms with Crippen LogP contribution in [0, 0.1) is 0 Å². The molecule has 32 heavy (non-hydrogen) atoms. The highest BCUT2D eigenvalue weighted by Crippen LogP contribution is 2.33. The van der Waals surface area contributed by atoms with Crippen molar-refractivity contribution in [2.24, 2.45) is 5.73 Å². The second-order valence-corrected chi connectivity index (χ2v) is 6.77. The first-order chi connectivity index (χ1) is 15.6. The Kier molecular flexibility index (Phi) is 8.10. The highest BCUT2D eigenvalue weighted by Gasteiger charge is 2.14. The molecule has 5 rings (SSSR count). The van der Waals surface area contributed by atoms with E-state index >= 15 is 0 Å². The molecule has 2 aliphatic heterocycles. The molecule has 0 unspecified atom stereocenters. The lowest BCUT2D eigenvalue weighted by atomic mass is 10.1. The number of para-hydroxylation sites is 1. The number of aromatic nitrogens is 2. The minimum atomic E-state index is -0.112. The molecule has 2 amide bonds. The van der Waals surface area contributed by atoms with Crippen molar-refractivity contribution in [3.63, 3.8) is 0 Å². The average molecular weight is 435 g/mol. The van der Waals surface area contributed by atoms with Gasteiger partial charge in [0.15, 0.2) is 0 Å². The summed E-state index contributed by atoms with van der Waals surface area (Å²) in [6.45, 7) is 1.95. The number of nitrogens with zero attached hydrogens (tertiary/aromatic N) is 2. The van der Waals surface area contributed by atoms with Crippen LogP contribution in [-0.4, -0.2) is 48.7 Å². The van der Waals surface area contributed by atoms with Crippen molar-refractivity contribution in [3.05, 3.63) is 60.3 Å². The third-order valence-corrected chi connectivity index (χ3v) is 4.62. The van der Waals surface area contributed by atoms with Crippen LogP contribution in [-0.2, 0) is 9.53 Å². The number of amides is 2. The van der Waals surface area contributed by atoms with Crippen LogP contribution in [0.4, 0.5) is 5.82 Å². The van der Waals surface area contributed by atoms with Crippen LogP contribution in [0.15, 0.2) is 54.7 Å². The number of carbonyl (C=O) groups excluding carboxylic acids is 2. The van der Waals surface area contributed by atoms with E-state index in [2.05, 4.69) is 16.0 Å². The van der Waals surface area contributed by atoms with Crippen LogP contribution in [0.3, 0.4) is 0 Å². The van der Waals surface area contributed by atoms with Gasteiger partial charge < -0.3 is 26.3 Å². The fourth-order valence-electron chi connectivity index (χ4n) is 3.11. The maximum absolute atomic E-state index is 12.3. The van der Waals surface area contributed by atoms with Gasteiger partial charge in [0.2, 0.25) is 6.41 Å². The predicted molar refractivity (Wildman–Crippen MR) is 121 cm³/mol. The number of carbonyl (C=O) groups is 2. The molecule has 0 aliphatic carbocycles. The van der Waals surface area contributed by atoms with Crippen LogP contribution in [0.2, 0.25) is 0 Å². The van der Waals surface area contributed by atoms with E-state index in [1.165, 1.54) is 0 Å². The molecule has 0 atom stereocenters. The Bertz CT molecular complexity index is 1060. The summed E-state index contributed by atoms with van der Waals surface area (Å²) in [4.78, 5) is 29.9. The molecule has 9 nitrogen and oxygen atoms in total. The Balaban J connectivity index is 0.000000913. The number of hydrogen-bond acceptors (Lipinski definition) is 7. The number of benzene rings is 2. The summed E-state index contributed by atoms with van der Waals surface area (Å²) in [7, 11) is 0. The van der Waals surface area contributed by atoms with Crippen LogP contribution >= 0.6 is 0 Å². The van der Waals surface area contributed by atoms with Gasteiger partial charge in [-0.2, -0.15) is 0 Å². The molecule has 4 bridgehead atoms. The molecule has 0 saturated carbocycles. The lowest BCUT2D eigenvalue weighted by Crippen LogP contribution is -2.25.